The first kappa shape index (κ1) is 9.45. The number of halogens is 1. The summed E-state index contributed by atoms with van der Waals surface area (Å²) in [4.78, 5) is 4.04. The van der Waals surface area contributed by atoms with Gasteiger partial charge in [0.15, 0.2) is 0 Å². The van der Waals surface area contributed by atoms with Crippen LogP contribution in [-0.2, 0) is 0 Å². The molecule has 4 heteroatoms. The molecule has 0 aliphatic heterocycles. The number of pyridine rings is 1. The molecule has 0 atom stereocenters. The molecule has 2 aromatic rings. The van der Waals surface area contributed by atoms with E-state index in [9.17, 15) is 4.39 Å². The van der Waals surface area contributed by atoms with Crippen LogP contribution in [0.2, 0.25) is 0 Å². The SMILES string of the molecule is Nc1cccc(Nc2cccc(F)c2)n1. The van der Waals surface area contributed by atoms with E-state index in [0.29, 0.717) is 17.3 Å². The van der Waals surface area contributed by atoms with Crippen molar-refractivity contribution in [3.8, 4) is 0 Å². The molecule has 0 fully saturated rings. The smallest absolute Gasteiger partial charge is 0.132 e. The third kappa shape index (κ3) is 2.43. The van der Waals surface area contributed by atoms with E-state index >= 15 is 0 Å². The van der Waals surface area contributed by atoms with E-state index in [1.165, 1.54) is 12.1 Å². The van der Waals surface area contributed by atoms with Gasteiger partial charge in [-0.25, -0.2) is 9.37 Å². The Morgan fingerprint density at radius 1 is 1.13 bits per heavy atom. The summed E-state index contributed by atoms with van der Waals surface area (Å²) in [7, 11) is 0. The second-order valence-corrected chi connectivity index (χ2v) is 3.08. The van der Waals surface area contributed by atoms with Gasteiger partial charge in [0.25, 0.3) is 0 Å². The third-order valence-electron chi connectivity index (χ3n) is 1.87. The molecular formula is C11H10FN3. The van der Waals surface area contributed by atoms with Gasteiger partial charge in [0.2, 0.25) is 0 Å². The first-order valence-electron chi connectivity index (χ1n) is 4.49. The number of benzene rings is 1. The summed E-state index contributed by atoms with van der Waals surface area (Å²) in [5.41, 5.74) is 6.16. The first-order valence-corrected chi connectivity index (χ1v) is 4.49. The van der Waals surface area contributed by atoms with E-state index in [1.807, 2.05) is 0 Å². The average molecular weight is 203 g/mol. The normalized spacial score (nSPS) is 9.93. The fraction of sp³-hybridized carbons (Fsp3) is 0. The highest BCUT2D eigenvalue weighted by Crippen LogP contribution is 2.15. The van der Waals surface area contributed by atoms with Crippen LogP contribution < -0.4 is 11.1 Å². The molecule has 0 unspecified atom stereocenters. The number of nitrogens with two attached hydrogens (primary N) is 1. The molecule has 1 aromatic carbocycles. The Bertz CT molecular complexity index is 427. The molecule has 0 amide bonds. The zero-order valence-corrected chi connectivity index (χ0v) is 7.94. The summed E-state index contributed by atoms with van der Waals surface area (Å²) in [6.07, 6.45) is 0. The zero-order chi connectivity index (χ0) is 10.7. The number of nitrogen functional groups attached to an aromatic ring is 1. The summed E-state index contributed by atoms with van der Waals surface area (Å²) in [5, 5.41) is 2.95. The predicted octanol–water partition coefficient (Wildman–Crippen LogP) is 2.55. The summed E-state index contributed by atoms with van der Waals surface area (Å²) in [6, 6.07) is 11.4. The van der Waals surface area contributed by atoms with Crippen molar-refractivity contribution in [3.63, 3.8) is 0 Å². The van der Waals surface area contributed by atoms with Crippen molar-refractivity contribution < 1.29 is 4.39 Å². The van der Waals surface area contributed by atoms with Gasteiger partial charge in [0.05, 0.1) is 0 Å². The summed E-state index contributed by atoms with van der Waals surface area (Å²) in [5.74, 6) is 0.737. The van der Waals surface area contributed by atoms with Crippen LogP contribution in [0.15, 0.2) is 42.5 Å². The van der Waals surface area contributed by atoms with Gasteiger partial charge >= 0.3 is 0 Å². The van der Waals surface area contributed by atoms with Gasteiger partial charge in [-0.05, 0) is 30.3 Å². The largest absolute Gasteiger partial charge is 0.384 e. The van der Waals surface area contributed by atoms with Crippen molar-refractivity contribution in [3.05, 3.63) is 48.3 Å². The number of anilines is 3. The molecule has 2 rings (SSSR count). The van der Waals surface area contributed by atoms with Crippen LogP contribution in [0.25, 0.3) is 0 Å². The minimum atomic E-state index is -0.288. The van der Waals surface area contributed by atoms with Crippen LogP contribution in [0.3, 0.4) is 0 Å². The van der Waals surface area contributed by atoms with Crippen molar-refractivity contribution in [1.29, 1.82) is 0 Å². The lowest BCUT2D eigenvalue weighted by Gasteiger charge is -2.05. The number of hydrogen-bond donors (Lipinski definition) is 2. The maximum absolute atomic E-state index is 12.9. The molecule has 0 aliphatic rings. The summed E-state index contributed by atoms with van der Waals surface area (Å²) in [6.45, 7) is 0. The van der Waals surface area contributed by atoms with Crippen molar-refractivity contribution in [2.24, 2.45) is 0 Å². The van der Waals surface area contributed by atoms with Crippen molar-refractivity contribution >= 4 is 17.3 Å². The number of hydrogen-bond acceptors (Lipinski definition) is 3. The maximum atomic E-state index is 12.9. The molecule has 76 valence electrons. The Balaban J connectivity index is 2.22. The van der Waals surface area contributed by atoms with Gasteiger partial charge in [0.1, 0.15) is 17.5 Å². The lowest BCUT2D eigenvalue weighted by Crippen LogP contribution is -1.96. The first-order chi connectivity index (χ1) is 7.24. The molecule has 0 bridgehead atoms. The zero-order valence-electron chi connectivity index (χ0n) is 7.94. The van der Waals surface area contributed by atoms with Gasteiger partial charge in [-0.3, -0.25) is 0 Å². The highest BCUT2D eigenvalue weighted by Gasteiger charge is 1.97. The van der Waals surface area contributed by atoms with Crippen LogP contribution in [0.5, 0.6) is 0 Å². The lowest BCUT2D eigenvalue weighted by atomic mass is 10.3. The van der Waals surface area contributed by atoms with Gasteiger partial charge in [-0.1, -0.05) is 12.1 Å². The van der Waals surface area contributed by atoms with Crippen molar-refractivity contribution in [2.45, 2.75) is 0 Å². The van der Waals surface area contributed by atoms with Crippen LogP contribution in [0, 0.1) is 5.82 Å². The maximum Gasteiger partial charge on any atom is 0.132 e. The number of nitrogens with zero attached hydrogens (tertiary/aromatic N) is 1. The Kier molecular flexibility index (Phi) is 2.49. The second kappa shape index (κ2) is 3.96. The van der Waals surface area contributed by atoms with Crippen molar-refractivity contribution in [1.82, 2.24) is 4.98 Å². The Morgan fingerprint density at radius 3 is 2.67 bits per heavy atom. The molecule has 0 saturated heterocycles. The molecule has 0 saturated carbocycles. The fourth-order valence-electron chi connectivity index (χ4n) is 1.24. The standard InChI is InChI=1S/C11H10FN3/c12-8-3-1-4-9(7-8)14-11-6-2-5-10(13)15-11/h1-7H,(H3,13,14,15). The van der Waals surface area contributed by atoms with E-state index in [-0.39, 0.29) is 5.82 Å². The van der Waals surface area contributed by atoms with Gasteiger partial charge in [-0.2, -0.15) is 0 Å². The topological polar surface area (TPSA) is 50.9 Å². The fourth-order valence-corrected chi connectivity index (χ4v) is 1.24. The molecule has 0 aliphatic carbocycles. The van der Waals surface area contributed by atoms with E-state index in [2.05, 4.69) is 10.3 Å². The molecule has 1 aromatic heterocycles. The highest BCUT2D eigenvalue weighted by atomic mass is 19.1. The average Bonchev–Trinajstić information content (AvgIpc) is 2.17. The number of rotatable bonds is 2. The van der Waals surface area contributed by atoms with E-state index < -0.39 is 0 Å². The molecule has 0 spiro atoms. The Labute approximate surface area is 86.8 Å². The van der Waals surface area contributed by atoms with Crippen LogP contribution >= 0.6 is 0 Å². The van der Waals surface area contributed by atoms with E-state index in [4.69, 9.17) is 5.73 Å². The molecule has 1 heterocycles. The summed E-state index contributed by atoms with van der Waals surface area (Å²) < 4.78 is 12.9. The molecular weight excluding hydrogens is 193 g/mol. The lowest BCUT2D eigenvalue weighted by molar-refractivity contribution is 0.628. The van der Waals surface area contributed by atoms with Crippen LogP contribution in [-0.4, -0.2) is 4.98 Å². The Morgan fingerprint density at radius 2 is 1.93 bits per heavy atom. The number of aromatic nitrogens is 1. The van der Waals surface area contributed by atoms with Gasteiger partial charge in [0, 0.05) is 5.69 Å². The quantitative estimate of drug-likeness (QED) is 0.788. The highest BCUT2D eigenvalue weighted by molar-refractivity contribution is 5.57. The minimum Gasteiger partial charge on any atom is -0.384 e. The van der Waals surface area contributed by atoms with Crippen LogP contribution in [0.1, 0.15) is 0 Å². The Hall–Kier alpha value is -2.10. The third-order valence-corrected chi connectivity index (χ3v) is 1.87. The molecule has 15 heavy (non-hydrogen) atoms. The monoisotopic (exact) mass is 203 g/mol. The van der Waals surface area contributed by atoms with Crippen LogP contribution in [0.4, 0.5) is 21.7 Å². The molecule has 0 radical (unpaired) electrons. The van der Waals surface area contributed by atoms with E-state index in [1.54, 1.807) is 30.3 Å². The molecule has 3 N–H and O–H groups in total. The number of nitrogens with one attached hydrogen (secondary N) is 1. The molecule has 3 nitrogen and oxygen atoms in total. The van der Waals surface area contributed by atoms with Gasteiger partial charge < -0.3 is 11.1 Å². The minimum absolute atomic E-state index is 0.288. The van der Waals surface area contributed by atoms with Gasteiger partial charge in [-0.15, -0.1) is 0 Å². The van der Waals surface area contributed by atoms with Crippen molar-refractivity contribution in [2.75, 3.05) is 11.1 Å². The predicted molar refractivity (Wildman–Crippen MR) is 58.3 cm³/mol. The summed E-state index contributed by atoms with van der Waals surface area (Å²) >= 11 is 0. The van der Waals surface area contributed by atoms with E-state index in [0.717, 1.165) is 0 Å². The second-order valence-electron chi connectivity index (χ2n) is 3.08.